The van der Waals surface area contributed by atoms with Crippen LogP contribution in [-0.2, 0) is 16.4 Å². The molecule has 1 fully saturated rings. The van der Waals surface area contributed by atoms with Gasteiger partial charge >= 0.3 is 0 Å². The summed E-state index contributed by atoms with van der Waals surface area (Å²) in [7, 11) is -3.21. The molecule has 1 saturated heterocycles. The minimum absolute atomic E-state index is 0.115. The number of rotatable bonds is 8. The topological polar surface area (TPSA) is 58.2 Å². The van der Waals surface area contributed by atoms with Crippen molar-refractivity contribution in [2.45, 2.75) is 44.6 Å². The lowest BCUT2D eigenvalue weighted by molar-refractivity contribution is 0.373. The average molecular weight is 345 g/mol. The van der Waals surface area contributed by atoms with Gasteiger partial charge in [0.05, 0.1) is 5.75 Å². The van der Waals surface area contributed by atoms with Gasteiger partial charge in [-0.05, 0) is 63.3 Å². The second-order valence-electron chi connectivity index (χ2n) is 6.28. The molecule has 1 atom stereocenters. The van der Waals surface area contributed by atoms with Crippen LogP contribution in [0.5, 0.6) is 0 Å². The summed E-state index contributed by atoms with van der Waals surface area (Å²) in [6.45, 7) is 3.80. The van der Waals surface area contributed by atoms with Gasteiger partial charge < -0.3 is 5.32 Å². The molecular formula is C16H25ClN2O2S. The van der Waals surface area contributed by atoms with Crippen LogP contribution in [0.15, 0.2) is 24.3 Å². The van der Waals surface area contributed by atoms with Crippen molar-refractivity contribution in [2.24, 2.45) is 0 Å². The predicted octanol–water partition coefficient (Wildman–Crippen LogP) is 2.72. The zero-order valence-corrected chi connectivity index (χ0v) is 14.6. The molecule has 1 aliphatic rings. The van der Waals surface area contributed by atoms with E-state index < -0.39 is 10.0 Å². The number of benzene rings is 1. The van der Waals surface area contributed by atoms with Crippen LogP contribution in [0.3, 0.4) is 0 Å². The van der Waals surface area contributed by atoms with E-state index in [4.69, 9.17) is 11.6 Å². The molecule has 1 aromatic carbocycles. The third kappa shape index (κ3) is 5.88. The highest BCUT2D eigenvalue weighted by atomic mass is 35.5. The number of nitrogens with one attached hydrogen (secondary N) is 2. The molecule has 0 radical (unpaired) electrons. The van der Waals surface area contributed by atoms with Crippen molar-refractivity contribution in [1.82, 2.24) is 10.0 Å². The Morgan fingerprint density at radius 1 is 1.32 bits per heavy atom. The molecule has 0 spiro atoms. The summed E-state index contributed by atoms with van der Waals surface area (Å²) in [5.74, 6) is 0.115. The Balaban J connectivity index is 1.68. The highest BCUT2D eigenvalue weighted by Crippen LogP contribution is 2.23. The van der Waals surface area contributed by atoms with Crippen molar-refractivity contribution in [3.8, 4) is 0 Å². The summed E-state index contributed by atoms with van der Waals surface area (Å²) < 4.78 is 26.7. The molecule has 4 nitrogen and oxygen atoms in total. The summed E-state index contributed by atoms with van der Waals surface area (Å²) in [5, 5.41) is 4.16. The van der Waals surface area contributed by atoms with Gasteiger partial charge in [-0.15, -0.1) is 0 Å². The molecule has 2 rings (SSSR count). The lowest BCUT2D eigenvalue weighted by Crippen LogP contribution is -2.37. The molecule has 0 amide bonds. The number of sulfonamides is 1. The molecule has 1 heterocycles. The van der Waals surface area contributed by atoms with Crippen molar-refractivity contribution in [2.75, 3.05) is 18.8 Å². The van der Waals surface area contributed by atoms with Gasteiger partial charge in [-0.3, -0.25) is 0 Å². The molecule has 0 saturated carbocycles. The summed E-state index contributed by atoms with van der Waals surface area (Å²) in [5.41, 5.74) is 1.17. The van der Waals surface area contributed by atoms with Crippen LogP contribution in [0.4, 0.5) is 0 Å². The average Bonchev–Trinajstić information content (AvgIpc) is 2.90. The summed E-state index contributed by atoms with van der Waals surface area (Å²) in [6.07, 6.45) is 4.77. The highest BCUT2D eigenvalue weighted by molar-refractivity contribution is 7.89. The molecule has 1 aromatic rings. The van der Waals surface area contributed by atoms with Crippen LogP contribution in [0.1, 0.15) is 38.2 Å². The fraction of sp³-hybridized carbons (Fsp3) is 0.625. The van der Waals surface area contributed by atoms with E-state index in [2.05, 4.69) is 17.0 Å². The van der Waals surface area contributed by atoms with Crippen LogP contribution < -0.4 is 10.0 Å². The van der Waals surface area contributed by atoms with Gasteiger partial charge in [0.1, 0.15) is 0 Å². The molecule has 0 aliphatic carbocycles. The van der Waals surface area contributed by atoms with Crippen LogP contribution in [-0.4, -0.2) is 32.8 Å². The molecule has 124 valence electrons. The molecule has 22 heavy (non-hydrogen) atoms. The third-order valence-corrected chi connectivity index (χ3v) is 5.89. The van der Waals surface area contributed by atoms with E-state index >= 15 is 0 Å². The Morgan fingerprint density at radius 3 is 2.68 bits per heavy atom. The normalized spacial score (nSPS) is 22.1. The van der Waals surface area contributed by atoms with E-state index in [0.29, 0.717) is 18.0 Å². The highest BCUT2D eigenvalue weighted by Gasteiger charge is 2.27. The van der Waals surface area contributed by atoms with Crippen LogP contribution in [0, 0.1) is 0 Å². The molecule has 6 heteroatoms. The summed E-state index contributed by atoms with van der Waals surface area (Å²) >= 11 is 5.82. The van der Waals surface area contributed by atoms with Crippen molar-refractivity contribution in [3.63, 3.8) is 0 Å². The van der Waals surface area contributed by atoms with E-state index in [1.807, 2.05) is 12.1 Å². The Hall–Kier alpha value is -0.620. The first-order chi connectivity index (χ1) is 10.4. The quantitative estimate of drug-likeness (QED) is 0.713. The maximum atomic E-state index is 12.0. The number of halogens is 1. The van der Waals surface area contributed by atoms with Gasteiger partial charge in [-0.1, -0.05) is 23.7 Å². The zero-order valence-electron chi connectivity index (χ0n) is 13.1. The predicted molar refractivity (Wildman–Crippen MR) is 91.8 cm³/mol. The number of hydrogen-bond acceptors (Lipinski definition) is 3. The summed E-state index contributed by atoms with van der Waals surface area (Å²) in [4.78, 5) is 0. The maximum absolute atomic E-state index is 12.0. The van der Waals surface area contributed by atoms with Crippen molar-refractivity contribution in [1.29, 1.82) is 0 Å². The fourth-order valence-corrected chi connectivity index (χ4v) is 4.08. The third-order valence-electron chi connectivity index (χ3n) is 4.26. The lowest BCUT2D eigenvalue weighted by Gasteiger charge is -2.24. The smallest absolute Gasteiger partial charge is 0.211 e. The molecule has 0 bridgehead atoms. The standard InChI is InChI=1S/C16H25ClN2O2S/c1-16(9-2-11-18-16)10-3-12-19-22(20,21)13-8-14-4-6-15(17)7-5-14/h4-7,18-19H,2-3,8-13H2,1H3/t16-/m0/s1. The first kappa shape index (κ1) is 17.7. The van der Waals surface area contributed by atoms with Gasteiger partial charge in [0, 0.05) is 17.1 Å². The maximum Gasteiger partial charge on any atom is 0.211 e. The molecule has 0 unspecified atom stereocenters. The van der Waals surface area contributed by atoms with Gasteiger partial charge in [0.2, 0.25) is 10.0 Å². The summed E-state index contributed by atoms with van der Waals surface area (Å²) in [6, 6.07) is 7.30. The van der Waals surface area contributed by atoms with E-state index in [0.717, 1.165) is 24.9 Å². The Kier molecular flexibility index (Phi) is 6.26. The van der Waals surface area contributed by atoms with Gasteiger partial charge in [0.15, 0.2) is 0 Å². The van der Waals surface area contributed by atoms with Crippen LogP contribution >= 0.6 is 11.6 Å². The largest absolute Gasteiger partial charge is 0.312 e. The Morgan fingerprint density at radius 2 is 2.05 bits per heavy atom. The fourth-order valence-electron chi connectivity index (χ4n) is 2.85. The van der Waals surface area contributed by atoms with Crippen LogP contribution in [0.2, 0.25) is 5.02 Å². The molecule has 2 N–H and O–H groups in total. The lowest BCUT2D eigenvalue weighted by atomic mass is 9.94. The molecule has 0 aromatic heterocycles. The van der Waals surface area contributed by atoms with Crippen LogP contribution in [0.25, 0.3) is 0 Å². The number of aryl methyl sites for hydroxylation is 1. The molecular weight excluding hydrogens is 320 g/mol. The van der Waals surface area contributed by atoms with Crippen molar-refractivity contribution < 1.29 is 8.42 Å². The first-order valence-electron chi connectivity index (χ1n) is 7.85. The molecule has 1 aliphatic heterocycles. The number of hydrogen-bond donors (Lipinski definition) is 2. The van der Waals surface area contributed by atoms with E-state index in [-0.39, 0.29) is 11.3 Å². The SMILES string of the molecule is C[C@@]1(CCCNS(=O)(=O)CCc2ccc(Cl)cc2)CCCN1. The Bertz CT molecular complexity index is 566. The minimum Gasteiger partial charge on any atom is -0.312 e. The van der Waals surface area contributed by atoms with Gasteiger partial charge in [0.25, 0.3) is 0 Å². The first-order valence-corrected chi connectivity index (χ1v) is 9.88. The van der Waals surface area contributed by atoms with E-state index in [9.17, 15) is 8.42 Å². The van der Waals surface area contributed by atoms with E-state index in [1.165, 1.54) is 12.8 Å². The van der Waals surface area contributed by atoms with Gasteiger partial charge in [-0.25, -0.2) is 13.1 Å². The van der Waals surface area contributed by atoms with Crippen molar-refractivity contribution >= 4 is 21.6 Å². The van der Waals surface area contributed by atoms with Crippen molar-refractivity contribution in [3.05, 3.63) is 34.9 Å². The zero-order chi connectivity index (χ0) is 16.1. The minimum atomic E-state index is -3.21. The van der Waals surface area contributed by atoms with Gasteiger partial charge in [-0.2, -0.15) is 0 Å². The second kappa shape index (κ2) is 7.77. The Labute approximate surface area is 138 Å². The monoisotopic (exact) mass is 344 g/mol. The van der Waals surface area contributed by atoms with E-state index in [1.54, 1.807) is 12.1 Å². The second-order valence-corrected chi connectivity index (χ2v) is 8.65.